The van der Waals surface area contributed by atoms with Gasteiger partial charge in [0.25, 0.3) is 5.91 Å². The van der Waals surface area contributed by atoms with Crippen molar-refractivity contribution < 1.29 is 23.8 Å². The zero-order chi connectivity index (χ0) is 26.7. The van der Waals surface area contributed by atoms with Crippen LogP contribution in [0.3, 0.4) is 0 Å². The van der Waals surface area contributed by atoms with E-state index in [-0.39, 0.29) is 18.4 Å². The highest BCUT2D eigenvalue weighted by atomic mass is 16.5. The third-order valence-corrected chi connectivity index (χ3v) is 8.08. The quantitative estimate of drug-likeness (QED) is 0.296. The number of rotatable bonds is 14. The molecule has 1 aromatic carbocycles. The third kappa shape index (κ3) is 8.06. The molecule has 1 aliphatic carbocycles. The van der Waals surface area contributed by atoms with Crippen molar-refractivity contribution in [1.29, 1.82) is 0 Å². The van der Waals surface area contributed by atoms with Crippen molar-refractivity contribution in [1.82, 2.24) is 15.2 Å². The monoisotopic (exact) mass is 525 g/mol. The second-order valence-electron chi connectivity index (χ2n) is 10.8. The molecule has 0 radical (unpaired) electrons. The Labute approximate surface area is 226 Å². The molecule has 1 aromatic heterocycles. The molecule has 208 valence electrons. The lowest BCUT2D eigenvalue weighted by Crippen LogP contribution is -2.26. The van der Waals surface area contributed by atoms with Crippen molar-refractivity contribution in [3.05, 3.63) is 47.2 Å². The molecule has 1 saturated carbocycles. The van der Waals surface area contributed by atoms with Gasteiger partial charge in [-0.3, -0.25) is 14.5 Å². The lowest BCUT2D eigenvalue weighted by atomic mass is 9.86. The summed E-state index contributed by atoms with van der Waals surface area (Å²) in [6, 6.07) is 6.00. The number of likely N-dealkylation sites (tertiary alicyclic amines) is 1. The van der Waals surface area contributed by atoms with Gasteiger partial charge in [-0.2, -0.15) is 0 Å². The molecule has 2 fully saturated rings. The van der Waals surface area contributed by atoms with Crippen molar-refractivity contribution in [3.63, 3.8) is 0 Å². The van der Waals surface area contributed by atoms with Crippen LogP contribution in [0.15, 0.2) is 28.9 Å². The molecule has 0 bridgehead atoms. The van der Waals surface area contributed by atoms with Crippen LogP contribution in [0.1, 0.15) is 111 Å². The van der Waals surface area contributed by atoms with Crippen LogP contribution >= 0.6 is 0 Å². The molecule has 1 saturated heterocycles. The van der Waals surface area contributed by atoms with E-state index in [0.29, 0.717) is 37.5 Å². The number of hydrogen-bond donors (Lipinski definition) is 2. The van der Waals surface area contributed by atoms with Gasteiger partial charge in [-0.25, -0.2) is 4.98 Å². The van der Waals surface area contributed by atoms with E-state index in [2.05, 4.69) is 15.2 Å². The van der Waals surface area contributed by atoms with Crippen LogP contribution in [0.4, 0.5) is 0 Å². The summed E-state index contributed by atoms with van der Waals surface area (Å²) >= 11 is 0. The average molecular weight is 526 g/mol. The Hall–Kier alpha value is -2.87. The van der Waals surface area contributed by atoms with E-state index in [1.54, 1.807) is 7.11 Å². The topological polar surface area (TPSA) is 105 Å². The minimum Gasteiger partial charge on any atom is -0.497 e. The van der Waals surface area contributed by atoms with Crippen molar-refractivity contribution >= 4 is 11.9 Å². The summed E-state index contributed by atoms with van der Waals surface area (Å²) in [6.45, 7) is 2.26. The number of aliphatic carboxylic acids is 1. The fourth-order valence-corrected chi connectivity index (χ4v) is 5.94. The van der Waals surface area contributed by atoms with Crippen LogP contribution in [0.25, 0.3) is 0 Å². The van der Waals surface area contributed by atoms with Crippen LogP contribution in [-0.2, 0) is 17.8 Å². The number of carboxylic acids is 1. The van der Waals surface area contributed by atoms with Crippen LogP contribution < -0.4 is 10.1 Å². The Morgan fingerprint density at radius 1 is 1.11 bits per heavy atom. The number of hydrogen-bond acceptors (Lipinski definition) is 6. The number of amides is 1. The Bertz CT molecular complexity index is 1050. The first kappa shape index (κ1) is 28.1. The molecule has 1 atom stereocenters. The molecule has 0 spiro atoms. The van der Waals surface area contributed by atoms with Crippen molar-refractivity contribution in [2.45, 2.75) is 96.1 Å². The molecule has 2 heterocycles. The zero-order valence-electron chi connectivity index (χ0n) is 22.8. The summed E-state index contributed by atoms with van der Waals surface area (Å²) in [7, 11) is 1.65. The molecule has 0 unspecified atom stereocenters. The highest BCUT2D eigenvalue weighted by molar-refractivity contribution is 5.91. The van der Waals surface area contributed by atoms with Crippen LogP contribution in [0, 0.1) is 5.92 Å². The van der Waals surface area contributed by atoms with Crippen molar-refractivity contribution in [3.8, 4) is 5.75 Å². The number of aryl methyl sites for hydroxylation is 1. The third-order valence-electron chi connectivity index (χ3n) is 8.08. The van der Waals surface area contributed by atoms with E-state index in [1.165, 1.54) is 44.8 Å². The van der Waals surface area contributed by atoms with Crippen LogP contribution in [0.2, 0.25) is 0 Å². The normalized spacial score (nSPS) is 18.5. The molecule has 4 rings (SSSR count). The number of carbonyl (C=O) groups is 2. The minimum atomic E-state index is -0.775. The fraction of sp³-hybridized carbons (Fsp3) is 0.633. The standard InChI is InChI=1S/C30H43N3O5/c1-37-25-16-15-23(12-7-14-28(34)35)24(19-25)20-33-18-8-13-27(33)30-32-26(21-38-30)29(36)31-17-6-5-11-22-9-3-2-4-10-22/h15-16,19,21-22,27H,2-14,17-18,20H2,1H3,(H,31,36)(H,34,35)/t27-/m0/s1. The number of ether oxygens (including phenoxy) is 1. The number of benzene rings is 1. The first-order valence-electron chi connectivity index (χ1n) is 14.4. The lowest BCUT2D eigenvalue weighted by molar-refractivity contribution is -0.137. The predicted molar refractivity (Wildman–Crippen MR) is 145 cm³/mol. The molecule has 8 nitrogen and oxygen atoms in total. The summed E-state index contributed by atoms with van der Waals surface area (Å²) in [5.74, 6) is 1.30. The minimum absolute atomic E-state index is 0.00474. The van der Waals surface area contributed by atoms with E-state index >= 15 is 0 Å². The number of unbranched alkanes of at least 4 members (excludes halogenated alkanes) is 1. The summed E-state index contributed by atoms with van der Waals surface area (Å²) in [4.78, 5) is 30.5. The molecule has 2 aromatic rings. The summed E-state index contributed by atoms with van der Waals surface area (Å²) in [5, 5.41) is 12.0. The SMILES string of the molecule is COc1ccc(CCCC(=O)O)c(CN2CCC[C@H]2c2nc(C(=O)NCCCCC3CCCCC3)co2)c1. The van der Waals surface area contributed by atoms with E-state index in [0.717, 1.165) is 55.0 Å². The summed E-state index contributed by atoms with van der Waals surface area (Å²) in [5.41, 5.74) is 2.60. The van der Waals surface area contributed by atoms with Gasteiger partial charge in [0, 0.05) is 19.5 Å². The summed E-state index contributed by atoms with van der Waals surface area (Å²) in [6.07, 6.45) is 15.2. The number of carboxylic acid groups (broad SMARTS) is 1. The Kier molecular flexibility index (Phi) is 10.6. The lowest BCUT2D eigenvalue weighted by Gasteiger charge is -2.23. The number of aromatic nitrogens is 1. The molecule has 2 N–H and O–H groups in total. The van der Waals surface area contributed by atoms with Gasteiger partial charge in [-0.05, 0) is 67.8 Å². The molecular formula is C30H43N3O5. The van der Waals surface area contributed by atoms with Gasteiger partial charge >= 0.3 is 5.97 Å². The fourth-order valence-electron chi connectivity index (χ4n) is 5.94. The highest BCUT2D eigenvalue weighted by Crippen LogP contribution is 2.34. The molecule has 38 heavy (non-hydrogen) atoms. The van der Waals surface area contributed by atoms with Gasteiger partial charge in [0.2, 0.25) is 5.89 Å². The van der Waals surface area contributed by atoms with E-state index in [4.69, 9.17) is 14.3 Å². The number of nitrogens with one attached hydrogen (secondary N) is 1. The van der Waals surface area contributed by atoms with Gasteiger partial charge in [0.05, 0.1) is 13.2 Å². The van der Waals surface area contributed by atoms with E-state index in [1.807, 2.05) is 18.2 Å². The molecular weight excluding hydrogens is 482 g/mol. The number of nitrogens with zero attached hydrogens (tertiary/aromatic N) is 2. The Morgan fingerprint density at radius 3 is 2.74 bits per heavy atom. The second kappa shape index (κ2) is 14.3. The smallest absolute Gasteiger partial charge is 0.303 e. The number of oxazole rings is 1. The van der Waals surface area contributed by atoms with E-state index in [9.17, 15) is 9.59 Å². The van der Waals surface area contributed by atoms with Gasteiger partial charge in [-0.15, -0.1) is 0 Å². The average Bonchev–Trinajstić information content (AvgIpc) is 3.59. The predicted octanol–water partition coefficient (Wildman–Crippen LogP) is 5.91. The van der Waals surface area contributed by atoms with Gasteiger partial charge in [-0.1, -0.05) is 51.0 Å². The zero-order valence-corrected chi connectivity index (χ0v) is 22.8. The maximum absolute atomic E-state index is 12.7. The second-order valence-corrected chi connectivity index (χ2v) is 10.8. The van der Waals surface area contributed by atoms with Gasteiger partial charge in [0.15, 0.2) is 5.69 Å². The Morgan fingerprint density at radius 2 is 1.95 bits per heavy atom. The summed E-state index contributed by atoms with van der Waals surface area (Å²) < 4.78 is 11.3. The molecule has 2 aliphatic rings. The van der Waals surface area contributed by atoms with Gasteiger partial charge < -0.3 is 19.6 Å². The first-order valence-corrected chi connectivity index (χ1v) is 14.4. The number of methoxy groups -OCH3 is 1. The largest absolute Gasteiger partial charge is 0.497 e. The molecule has 1 amide bonds. The molecule has 8 heteroatoms. The van der Waals surface area contributed by atoms with Crippen molar-refractivity contribution in [2.24, 2.45) is 5.92 Å². The Balaban J connectivity index is 1.30. The number of carbonyl (C=O) groups excluding carboxylic acids is 1. The highest BCUT2D eigenvalue weighted by Gasteiger charge is 2.31. The van der Waals surface area contributed by atoms with Gasteiger partial charge in [0.1, 0.15) is 12.0 Å². The molecule has 1 aliphatic heterocycles. The maximum Gasteiger partial charge on any atom is 0.303 e. The van der Waals surface area contributed by atoms with Crippen LogP contribution in [-0.4, -0.2) is 47.1 Å². The maximum atomic E-state index is 12.7. The van der Waals surface area contributed by atoms with Crippen LogP contribution in [0.5, 0.6) is 5.75 Å². The van der Waals surface area contributed by atoms with E-state index < -0.39 is 5.97 Å². The van der Waals surface area contributed by atoms with Crippen molar-refractivity contribution in [2.75, 3.05) is 20.2 Å². The first-order chi connectivity index (χ1) is 18.5.